The molecular formula is C31H38N2O4. The van der Waals surface area contributed by atoms with E-state index in [1.807, 2.05) is 85.8 Å². The van der Waals surface area contributed by atoms with Crippen molar-refractivity contribution in [1.82, 2.24) is 10.2 Å². The van der Waals surface area contributed by atoms with Crippen LogP contribution >= 0.6 is 0 Å². The van der Waals surface area contributed by atoms with Crippen LogP contribution in [0.5, 0.6) is 11.5 Å². The zero-order valence-electron chi connectivity index (χ0n) is 22.5. The molecular weight excluding hydrogens is 464 g/mol. The van der Waals surface area contributed by atoms with Gasteiger partial charge in [0.25, 0.3) is 5.91 Å². The summed E-state index contributed by atoms with van der Waals surface area (Å²) in [6, 6.07) is 24.3. The fourth-order valence-electron chi connectivity index (χ4n) is 4.25. The van der Waals surface area contributed by atoms with E-state index in [0.29, 0.717) is 24.5 Å². The summed E-state index contributed by atoms with van der Waals surface area (Å²) in [4.78, 5) is 28.7. The van der Waals surface area contributed by atoms with Crippen LogP contribution in [-0.2, 0) is 28.0 Å². The molecule has 3 aromatic carbocycles. The Bertz CT molecular complexity index is 1170. The second kappa shape index (κ2) is 12.9. The Morgan fingerprint density at radius 3 is 2.27 bits per heavy atom. The van der Waals surface area contributed by atoms with Crippen molar-refractivity contribution in [2.75, 3.05) is 20.3 Å². The van der Waals surface area contributed by atoms with Crippen LogP contribution in [-0.4, -0.2) is 43.0 Å². The van der Waals surface area contributed by atoms with E-state index in [1.54, 1.807) is 12.0 Å². The van der Waals surface area contributed by atoms with Crippen LogP contribution in [0.4, 0.5) is 0 Å². The second-order valence-corrected chi connectivity index (χ2v) is 10.0. The average molecular weight is 503 g/mol. The molecule has 1 N–H and O–H groups in total. The number of nitrogens with one attached hydrogen (secondary N) is 1. The van der Waals surface area contributed by atoms with Crippen molar-refractivity contribution in [3.8, 4) is 11.5 Å². The van der Waals surface area contributed by atoms with E-state index in [2.05, 4.69) is 26.1 Å². The first-order valence-electron chi connectivity index (χ1n) is 12.7. The molecule has 0 aromatic heterocycles. The van der Waals surface area contributed by atoms with Crippen LogP contribution in [0.2, 0.25) is 0 Å². The lowest BCUT2D eigenvalue weighted by molar-refractivity contribution is -0.142. The number of likely N-dealkylation sites (N-methyl/N-ethyl adjacent to an activating group) is 1. The fourth-order valence-corrected chi connectivity index (χ4v) is 4.25. The SMILES string of the molecule is CCNC(=O)[C@H](Cc1ccccc1)N(Cc1cccc(OC)c1)C(=O)COc1ccccc1C(C)(C)C. The normalized spacial score (nSPS) is 11.9. The molecule has 0 spiro atoms. The van der Waals surface area contributed by atoms with Gasteiger partial charge in [-0.1, -0.05) is 81.4 Å². The third-order valence-corrected chi connectivity index (χ3v) is 6.16. The molecule has 0 aliphatic rings. The second-order valence-electron chi connectivity index (χ2n) is 10.0. The molecule has 0 radical (unpaired) electrons. The molecule has 0 fully saturated rings. The van der Waals surface area contributed by atoms with Crippen molar-refractivity contribution in [2.24, 2.45) is 0 Å². The molecule has 0 unspecified atom stereocenters. The van der Waals surface area contributed by atoms with E-state index in [9.17, 15) is 9.59 Å². The van der Waals surface area contributed by atoms with E-state index >= 15 is 0 Å². The topological polar surface area (TPSA) is 67.9 Å². The minimum atomic E-state index is -0.706. The zero-order valence-corrected chi connectivity index (χ0v) is 22.5. The fraction of sp³-hybridized carbons (Fsp3) is 0.355. The van der Waals surface area contributed by atoms with Gasteiger partial charge >= 0.3 is 0 Å². The number of amides is 2. The molecule has 2 amide bonds. The highest BCUT2D eigenvalue weighted by molar-refractivity contribution is 5.88. The summed E-state index contributed by atoms with van der Waals surface area (Å²) in [5.41, 5.74) is 2.72. The predicted molar refractivity (Wildman–Crippen MR) is 147 cm³/mol. The Balaban J connectivity index is 1.93. The van der Waals surface area contributed by atoms with Crippen LogP contribution < -0.4 is 14.8 Å². The molecule has 0 saturated heterocycles. The largest absolute Gasteiger partial charge is 0.497 e. The van der Waals surface area contributed by atoms with Gasteiger partial charge in [0.05, 0.1) is 7.11 Å². The maximum atomic E-state index is 13.8. The van der Waals surface area contributed by atoms with Crippen molar-refractivity contribution in [3.63, 3.8) is 0 Å². The van der Waals surface area contributed by atoms with Crippen LogP contribution in [0.3, 0.4) is 0 Å². The highest BCUT2D eigenvalue weighted by Crippen LogP contribution is 2.31. The summed E-state index contributed by atoms with van der Waals surface area (Å²) >= 11 is 0. The Labute approximate surface area is 220 Å². The third-order valence-electron chi connectivity index (χ3n) is 6.16. The number of hydrogen-bond acceptors (Lipinski definition) is 4. The Morgan fingerprint density at radius 2 is 1.59 bits per heavy atom. The van der Waals surface area contributed by atoms with Crippen molar-refractivity contribution in [2.45, 2.75) is 52.1 Å². The number of rotatable bonds is 11. The number of para-hydroxylation sites is 1. The smallest absolute Gasteiger partial charge is 0.261 e. The molecule has 3 aromatic rings. The number of hydrogen-bond donors (Lipinski definition) is 1. The molecule has 1 atom stereocenters. The van der Waals surface area contributed by atoms with Gasteiger partial charge in [-0.2, -0.15) is 0 Å². The van der Waals surface area contributed by atoms with Crippen molar-refractivity contribution in [3.05, 3.63) is 95.6 Å². The summed E-state index contributed by atoms with van der Waals surface area (Å²) in [5, 5.41) is 2.91. The van der Waals surface area contributed by atoms with Crippen molar-refractivity contribution >= 4 is 11.8 Å². The summed E-state index contributed by atoms with van der Waals surface area (Å²) in [6.45, 7) is 8.74. The molecule has 0 aliphatic heterocycles. The Hall–Kier alpha value is -3.80. The summed E-state index contributed by atoms with van der Waals surface area (Å²) in [7, 11) is 1.61. The number of carbonyl (C=O) groups excluding carboxylic acids is 2. The van der Waals surface area contributed by atoms with Gasteiger partial charge in [0, 0.05) is 19.5 Å². The lowest BCUT2D eigenvalue weighted by atomic mass is 9.86. The molecule has 0 bridgehead atoms. The van der Waals surface area contributed by atoms with E-state index in [0.717, 1.165) is 16.7 Å². The first kappa shape index (κ1) is 27.8. The van der Waals surface area contributed by atoms with Gasteiger partial charge in [-0.15, -0.1) is 0 Å². The van der Waals surface area contributed by atoms with Crippen LogP contribution in [0, 0.1) is 0 Å². The maximum absolute atomic E-state index is 13.8. The van der Waals surface area contributed by atoms with Gasteiger partial charge in [0.15, 0.2) is 6.61 Å². The van der Waals surface area contributed by atoms with E-state index in [4.69, 9.17) is 9.47 Å². The lowest BCUT2D eigenvalue weighted by Crippen LogP contribution is -2.51. The van der Waals surface area contributed by atoms with Crippen molar-refractivity contribution < 1.29 is 19.1 Å². The van der Waals surface area contributed by atoms with Gasteiger partial charge in [0.1, 0.15) is 17.5 Å². The molecule has 0 aliphatic carbocycles. The van der Waals surface area contributed by atoms with Gasteiger partial charge < -0.3 is 19.7 Å². The average Bonchev–Trinajstić information content (AvgIpc) is 2.89. The zero-order chi connectivity index (χ0) is 26.8. The van der Waals surface area contributed by atoms with Gasteiger partial charge in [0.2, 0.25) is 5.91 Å². The minimum absolute atomic E-state index is 0.142. The van der Waals surface area contributed by atoms with Crippen LogP contribution in [0.25, 0.3) is 0 Å². The predicted octanol–water partition coefficient (Wildman–Crippen LogP) is 5.15. The van der Waals surface area contributed by atoms with Crippen molar-refractivity contribution in [1.29, 1.82) is 0 Å². The molecule has 196 valence electrons. The molecule has 37 heavy (non-hydrogen) atoms. The standard InChI is InChI=1S/C31H38N2O4/c1-6-32-30(35)27(20-23-13-8-7-9-14-23)33(21-24-15-12-16-25(19-24)36-5)29(34)22-37-28-18-11-10-17-26(28)31(2,3)4/h7-19,27H,6,20-22H2,1-5H3,(H,32,35)/t27-/m0/s1. The van der Waals surface area contributed by atoms with Gasteiger partial charge in [-0.3, -0.25) is 9.59 Å². The van der Waals surface area contributed by atoms with Gasteiger partial charge in [-0.25, -0.2) is 0 Å². The van der Waals surface area contributed by atoms with E-state index in [1.165, 1.54) is 0 Å². The summed E-state index contributed by atoms with van der Waals surface area (Å²) in [6.07, 6.45) is 0.390. The van der Waals surface area contributed by atoms with Crippen LogP contribution in [0.15, 0.2) is 78.9 Å². The monoisotopic (exact) mass is 502 g/mol. The molecule has 6 nitrogen and oxygen atoms in total. The number of nitrogens with zero attached hydrogens (tertiary/aromatic N) is 1. The number of benzene rings is 3. The van der Waals surface area contributed by atoms with Gasteiger partial charge in [-0.05, 0) is 47.2 Å². The highest BCUT2D eigenvalue weighted by Gasteiger charge is 2.31. The lowest BCUT2D eigenvalue weighted by Gasteiger charge is -2.32. The molecule has 0 saturated carbocycles. The third kappa shape index (κ3) is 7.84. The first-order chi connectivity index (χ1) is 17.7. The first-order valence-corrected chi connectivity index (χ1v) is 12.7. The number of carbonyl (C=O) groups is 2. The molecule has 6 heteroatoms. The molecule has 3 rings (SSSR count). The van der Waals surface area contributed by atoms with E-state index < -0.39 is 6.04 Å². The Morgan fingerprint density at radius 1 is 0.919 bits per heavy atom. The highest BCUT2D eigenvalue weighted by atomic mass is 16.5. The molecule has 0 heterocycles. The summed E-state index contributed by atoms with van der Waals surface area (Å²) in [5.74, 6) is 0.900. The number of methoxy groups -OCH3 is 1. The quantitative estimate of drug-likeness (QED) is 0.394. The Kier molecular flexibility index (Phi) is 9.72. The van der Waals surface area contributed by atoms with Crippen LogP contribution in [0.1, 0.15) is 44.4 Å². The number of ether oxygens (including phenoxy) is 2. The van der Waals surface area contributed by atoms with E-state index in [-0.39, 0.29) is 30.4 Å². The minimum Gasteiger partial charge on any atom is -0.497 e. The maximum Gasteiger partial charge on any atom is 0.261 e. The summed E-state index contributed by atoms with van der Waals surface area (Å²) < 4.78 is 11.5.